The Morgan fingerprint density at radius 3 is 1.29 bits per heavy atom. The molecule has 0 aliphatic heterocycles. The first kappa shape index (κ1) is 37.4. The number of likely N-dealkylation sites (N-methyl/N-ethyl adjacent to an activating group) is 1. The molecule has 3 heteroatoms. The van der Waals surface area contributed by atoms with Crippen LogP contribution in [0.4, 0.5) is 0 Å². The number of ether oxygens (including phenoxy) is 2. The van der Waals surface area contributed by atoms with Crippen molar-refractivity contribution in [2.75, 3.05) is 40.5 Å². The van der Waals surface area contributed by atoms with Gasteiger partial charge in [-0.15, -0.1) is 0 Å². The zero-order valence-electron chi connectivity index (χ0n) is 26.5. The van der Waals surface area contributed by atoms with Crippen LogP contribution in [-0.4, -0.2) is 51.5 Å². The zero-order chi connectivity index (χ0) is 27.8. The van der Waals surface area contributed by atoms with Crippen LogP contribution >= 0.6 is 0 Å². The predicted octanol–water partition coefficient (Wildman–Crippen LogP) is 10.7. The fourth-order valence-corrected chi connectivity index (χ4v) is 4.67. The van der Waals surface area contributed by atoms with Crippen LogP contribution in [0.25, 0.3) is 0 Å². The van der Waals surface area contributed by atoms with Crippen LogP contribution in [0.15, 0.2) is 24.3 Å². The van der Waals surface area contributed by atoms with Crippen LogP contribution in [0.5, 0.6) is 0 Å². The number of allylic oxidation sites excluding steroid dienone is 4. The molecule has 0 heterocycles. The highest BCUT2D eigenvalue weighted by Crippen LogP contribution is 2.12. The van der Waals surface area contributed by atoms with Crippen molar-refractivity contribution in [1.82, 2.24) is 4.90 Å². The van der Waals surface area contributed by atoms with Crippen molar-refractivity contribution in [3.63, 3.8) is 0 Å². The fraction of sp³-hybridized carbons (Fsp3) is 0.886. The van der Waals surface area contributed by atoms with Crippen molar-refractivity contribution < 1.29 is 9.47 Å². The van der Waals surface area contributed by atoms with Gasteiger partial charge in [-0.1, -0.05) is 134 Å². The minimum Gasteiger partial charge on any atom is -0.380 e. The molecule has 0 aromatic heterocycles. The monoisotopic (exact) mass is 536 g/mol. The molecule has 1 unspecified atom stereocenters. The smallest absolute Gasteiger partial charge is 0.0644 e. The molecule has 226 valence electrons. The van der Waals surface area contributed by atoms with E-state index in [0.717, 1.165) is 32.8 Å². The Bertz CT molecular complexity index is 488. The highest BCUT2D eigenvalue weighted by molar-refractivity contribution is 4.92. The van der Waals surface area contributed by atoms with Gasteiger partial charge in [0.1, 0.15) is 0 Å². The van der Waals surface area contributed by atoms with Gasteiger partial charge in [0, 0.05) is 13.2 Å². The third kappa shape index (κ3) is 29.9. The SMILES string of the molecule is CCCCC/C=C\C/C=C\CCCCCCCCCCCCOCC(COCCCCCCCC)N(C)C. The third-order valence-corrected chi connectivity index (χ3v) is 7.48. The van der Waals surface area contributed by atoms with Gasteiger partial charge in [0.05, 0.1) is 19.3 Å². The Morgan fingerprint density at radius 1 is 0.474 bits per heavy atom. The van der Waals surface area contributed by atoms with Gasteiger partial charge in [-0.3, -0.25) is 0 Å². The molecule has 0 fully saturated rings. The Labute approximate surface area is 240 Å². The molecule has 0 radical (unpaired) electrons. The Balaban J connectivity index is 3.37. The molecule has 38 heavy (non-hydrogen) atoms. The fourth-order valence-electron chi connectivity index (χ4n) is 4.67. The van der Waals surface area contributed by atoms with E-state index < -0.39 is 0 Å². The largest absolute Gasteiger partial charge is 0.380 e. The van der Waals surface area contributed by atoms with Crippen LogP contribution in [0.2, 0.25) is 0 Å². The Kier molecular flexibility index (Phi) is 32.0. The topological polar surface area (TPSA) is 21.7 Å². The average molecular weight is 536 g/mol. The molecule has 1 atom stereocenters. The molecule has 3 nitrogen and oxygen atoms in total. The molecule has 0 aromatic carbocycles. The molecular weight excluding hydrogens is 466 g/mol. The average Bonchev–Trinajstić information content (AvgIpc) is 2.91. The van der Waals surface area contributed by atoms with Crippen molar-refractivity contribution in [3.8, 4) is 0 Å². The van der Waals surface area contributed by atoms with E-state index in [9.17, 15) is 0 Å². The lowest BCUT2D eigenvalue weighted by atomic mass is 10.1. The summed E-state index contributed by atoms with van der Waals surface area (Å²) in [6, 6.07) is 0.369. The first-order valence-corrected chi connectivity index (χ1v) is 16.8. The zero-order valence-corrected chi connectivity index (χ0v) is 26.5. The molecule has 0 bridgehead atoms. The molecule has 0 aliphatic carbocycles. The second-order valence-electron chi connectivity index (χ2n) is 11.5. The summed E-state index contributed by atoms with van der Waals surface area (Å²) in [5, 5.41) is 0. The van der Waals surface area contributed by atoms with Crippen molar-refractivity contribution in [2.24, 2.45) is 0 Å². The maximum absolute atomic E-state index is 5.99. The Hall–Kier alpha value is -0.640. The predicted molar refractivity (Wildman–Crippen MR) is 170 cm³/mol. The van der Waals surface area contributed by atoms with Crippen molar-refractivity contribution in [1.29, 1.82) is 0 Å². The first-order valence-electron chi connectivity index (χ1n) is 16.8. The second-order valence-corrected chi connectivity index (χ2v) is 11.5. The molecule has 0 amide bonds. The molecule has 0 aromatic rings. The van der Waals surface area contributed by atoms with Crippen molar-refractivity contribution in [2.45, 2.75) is 161 Å². The number of rotatable bonds is 31. The van der Waals surface area contributed by atoms with Gasteiger partial charge < -0.3 is 14.4 Å². The quantitative estimate of drug-likeness (QED) is 0.0651. The summed E-state index contributed by atoms with van der Waals surface area (Å²) in [7, 11) is 4.27. The number of hydrogen-bond acceptors (Lipinski definition) is 3. The molecule has 0 aliphatic rings. The Morgan fingerprint density at radius 2 is 0.842 bits per heavy atom. The maximum atomic E-state index is 5.99. The van der Waals surface area contributed by atoms with Crippen LogP contribution in [-0.2, 0) is 9.47 Å². The normalized spacial score (nSPS) is 13.0. The summed E-state index contributed by atoms with van der Waals surface area (Å²) < 4.78 is 11.9. The van der Waals surface area contributed by atoms with E-state index in [1.54, 1.807) is 0 Å². The molecule has 0 saturated heterocycles. The van der Waals surface area contributed by atoms with Gasteiger partial charge in [-0.25, -0.2) is 0 Å². The third-order valence-electron chi connectivity index (χ3n) is 7.48. The minimum absolute atomic E-state index is 0.369. The van der Waals surface area contributed by atoms with E-state index in [0.29, 0.717) is 6.04 Å². The van der Waals surface area contributed by atoms with Gasteiger partial charge in [0.2, 0.25) is 0 Å². The van der Waals surface area contributed by atoms with Gasteiger partial charge in [0.25, 0.3) is 0 Å². The van der Waals surface area contributed by atoms with Gasteiger partial charge in [-0.2, -0.15) is 0 Å². The molecular formula is C35H69NO2. The number of nitrogens with zero attached hydrogens (tertiary/aromatic N) is 1. The maximum Gasteiger partial charge on any atom is 0.0644 e. The van der Waals surface area contributed by atoms with E-state index in [1.807, 2.05) is 0 Å². The summed E-state index contributed by atoms with van der Waals surface area (Å²) in [6.45, 7) is 7.90. The van der Waals surface area contributed by atoms with E-state index in [4.69, 9.17) is 9.47 Å². The molecule has 0 N–H and O–H groups in total. The van der Waals surface area contributed by atoms with E-state index in [2.05, 4.69) is 57.1 Å². The van der Waals surface area contributed by atoms with E-state index >= 15 is 0 Å². The molecule has 0 spiro atoms. The lowest BCUT2D eigenvalue weighted by Gasteiger charge is -2.24. The van der Waals surface area contributed by atoms with Crippen LogP contribution < -0.4 is 0 Å². The number of unbranched alkanes of at least 4 members (excludes halogenated alkanes) is 18. The van der Waals surface area contributed by atoms with E-state index in [-0.39, 0.29) is 0 Å². The standard InChI is InChI=1S/C35H69NO2/c1-5-7-9-11-13-14-15-16-17-18-19-20-21-22-23-24-25-26-28-30-32-38-34-35(36(3)4)33-37-31-29-27-12-10-8-6-2/h13-14,16-17,35H,5-12,15,18-34H2,1-4H3/b14-13-,17-16-. The summed E-state index contributed by atoms with van der Waals surface area (Å²) >= 11 is 0. The lowest BCUT2D eigenvalue weighted by molar-refractivity contribution is 0.0197. The highest BCUT2D eigenvalue weighted by Gasteiger charge is 2.11. The number of hydrogen-bond donors (Lipinski definition) is 0. The van der Waals surface area contributed by atoms with Gasteiger partial charge in [-0.05, 0) is 59.0 Å². The van der Waals surface area contributed by atoms with Crippen LogP contribution in [0, 0.1) is 0 Å². The molecule has 0 saturated carbocycles. The van der Waals surface area contributed by atoms with Crippen LogP contribution in [0.1, 0.15) is 155 Å². The van der Waals surface area contributed by atoms with Gasteiger partial charge >= 0.3 is 0 Å². The summed E-state index contributed by atoms with van der Waals surface area (Å²) in [4.78, 5) is 2.24. The van der Waals surface area contributed by atoms with E-state index in [1.165, 1.54) is 135 Å². The summed E-state index contributed by atoms with van der Waals surface area (Å²) in [6.07, 6.45) is 38.6. The van der Waals surface area contributed by atoms with Crippen molar-refractivity contribution >= 4 is 0 Å². The van der Waals surface area contributed by atoms with Gasteiger partial charge in [0.15, 0.2) is 0 Å². The second kappa shape index (κ2) is 32.6. The summed E-state index contributed by atoms with van der Waals surface area (Å²) in [5.74, 6) is 0. The van der Waals surface area contributed by atoms with Crippen LogP contribution in [0.3, 0.4) is 0 Å². The minimum atomic E-state index is 0.369. The summed E-state index contributed by atoms with van der Waals surface area (Å²) in [5.41, 5.74) is 0. The highest BCUT2D eigenvalue weighted by atomic mass is 16.5. The first-order chi connectivity index (χ1) is 18.7. The lowest BCUT2D eigenvalue weighted by Crippen LogP contribution is -2.37. The van der Waals surface area contributed by atoms with Crippen molar-refractivity contribution in [3.05, 3.63) is 24.3 Å². The molecule has 0 rings (SSSR count).